The minimum absolute atomic E-state index is 0.241. The summed E-state index contributed by atoms with van der Waals surface area (Å²) >= 11 is 0. The third kappa shape index (κ3) is 5.24. The molecule has 0 aliphatic heterocycles. The van der Waals surface area contributed by atoms with Crippen LogP contribution in [0, 0.1) is 0 Å². The van der Waals surface area contributed by atoms with E-state index in [-0.39, 0.29) is 12.5 Å². The molecule has 0 aliphatic carbocycles. The first-order valence-corrected chi connectivity index (χ1v) is 6.87. The first kappa shape index (κ1) is 15.0. The number of nitrogens with two attached hydrogens (primary N) is 2. The second-order valence-electron chi connectivity index (χ2n) is 5.03. The van der Waals surface area contributed by atoms with E-state index in [4.69, 9.17) is 11.5 Å². The van der Waals surface area contributed by atoms with Crippen LogP contribution in [0.3, 0.4) is 0 Å². The van der Waals surface area contributed by atoms with Gasteiger partial charge in [-0.05, 0) is 35.7 Å². The monoisotopic (exact) mass is 284 g/mol. The van der Waals surface area contributed by atoms with Crippen LogP contribution in [0.4, 0.5) is 5.69 Å². The van der Waals surface area contributed by atoms with Gasteiger partial charge in [-0.2, -0.15) is 0 Å². The van der Waals surface area contributed by atoms with E-state index < -0.39 is 0 Å². The minimum Gasteiger partial charge on any atom is -0.399 e. The molecule has 1 heterocycles. The normalized spacial score (nSPS) is 10.7. The highest BCUT2D eigenvalue weighted by Gasteiger charge is 2.09. The predicted octanol–water partition coefficient (Wildman–Crippen LogP) is 1.19. The number of benzene rings is 1. The standard InChI is InChI=1S/C16H20N4O/c17-15-5-3-14(4-6-15)11-20(12-16(18)21)9-7-13-2-1-8-19-10-13/h1-6,8,10H,7,9,11-12,17H2,(H2,18,21). The van der Waals surface area contributed by atoms with E-state index in [0.717, 1.165) is 29.8 Å². The van der Waals surface area contributed by atoms with Crippen LogP contribution >= 0.6 is 0 Å². The first-order chi connectivity index (χ1) is 10.1. The molecule has 5 heteroatoms. The third-order valence-corrected chi connectivity index (χ3v) is 3.20. The summed E-state index contributed by atoms with van der Waals surface area (Å²) in [5.74, 6) is -0.323. The SMILES string of the molecule is NC(=O)CN(CCc1cccnc1)Cc1ccc(N)cc1. The Hall–Kier alpha value is -2.40. The van der Waals surface area contributed by atoms with E-state index in [9.17, 15) is 4.79 Å². The molecule has 1 amide bonds. The van der Waals surface area contributed by atoms with E-state index in [2.05, 4.69) is 4.98 Å². The van der Waals surface area contributed by atoms with Gasteiger partial charge >= 0.3 is 0 Å². The molecule has 0 saturated heterocycles. The van der Waals surface area contributed by atoms with E-state index in [1.54, 1.807) is 6.20 Å². The highest BCUT2D eigenvalue weighted by Crippen LogP contribution is 2.09. The molecule has 0 fully saturated rings. The van der Waals surface area contributed by atoms with Crippen LogP contribution in [0.15, 0.2) is 48.8 Å². The van der Waals surface area contributed by atoms with Crippen molar-refractivity contribution in [2.75, 3.05) is 18.8 Å². The fourth-order valence-electron chi connectivity index (χ4n) is 2.15. The van der Waals surface area contributed by atoms with Gasteiger partial charge in [0.15, 0.2) is 0 Å². The number of nitrogen functional groups attached to an aromatic ring is 1. The molecule has 0 radical (unpaired) electrons. The largest absolute Gasteiger partial charge is 0.399 e. The Kier molecular flexibility index (Phi) is 5.29. The zero-order valence-electron chi connectivity index (χ0n) is 11.9. The highest BCUT2D eigenvalue weighted by molar-refractivity contribution is 5.75. The Bertz CT molecular complexity index is 569. The average Bonchev–Trinajstić information content (AvgIpc) is 2.48. The Morgan fingerprint density at radius 3 is 2.52 bits per heavy atom. The van der Waals surface area contributed by atoms with E-state index in [0.29, 0.717) is 6.54 Å². The van der Waals surface area contributed by atoms with Crippen LogP contribution < -0.4 is 11.5 Å². The predicted molar refractivity (Wildman–Crippen MR) is 83.3 cm³/mol. The van der Waals surface area contributed by atoms with Crippen LogP contribution in [-0.2, 0) is 17.8 Å². The van der Waals surface area contributed by atoms with Gasteiger partial charge in [-0.1, -0.05) is 18.2 Å². The van der Waals surface area contributed by atoms with Crippen LogP contribution in [-0.4, -0.2) is 28.9 Å². The zero-order valence-corrected chi connectivity index (χ0v) is 11.9. The van der Waals surface area contributed by atoms with Gasteiger partial charge in [0.1, 0.15) is 0 Å². The molecular formula is C16H20N4O. The molecule has 2 rings (SSSR count). The maximum atomic E-state index is 11.2. The number of hydrogen-bond acceptors (Lipinski definition) is 4. The highest BCUT2D eigenvalue weighted by atomic mass is 16.1. The molecule has 0 bridgehead atoms. The Balaban J connectivity index is 1.97. The number of aromatic nitrogens is 1. The molecule has 21 heavy (non-hydrogen) atoms. The summed E-state index contributed by atoms with van der Waals surface area (Å²) in [6.07, 6.45) is 4.42. The summed E-state index contributed by atoms with van der Waals surface area (Å²) < 4.78 is 0. The Labute approximate surface area is 124 Å². The van der Waals surface area contributed by atoms with Crippen molar-refractivity contribution in [3.05, 3.63) is 59.9 Å². The molecule has 110 valence electrons. The van der Waals surface area contributed by atoms with Crippen molar-refractivity contribution >= 4 is 11.6 Å². The number of carbonyl (C=O) groups is 1. The molecule has 4 N–H and O–H groups in total. The van der Waals surface area contributed by atoms with Gasteiger partial charge in [-0.3, -0.25) is 14.7 Å². The van der Waals surface area contributed by atoms with Crippen molar-refractivity contribution < 1.29 is 4.79 Å². The molecule has 0 saturated carbocycles. The van der Waals surface area contributed by atoms with Crippen LogP contribution in [0.2, 0.25) is 0 Å². The van der Waals surface area contributed by atoms with Crippen molar-refractivity contribution in [1.29, 1.82) is 0 Å². The van der Waals surface area contributed by atoms with Gasteiger partial charge in [0.2, 0.25) is 5.91 Å². The number of primary amides is 1. The minimum atomic E-state index is -0.323. The molecule has 1 aromatic carbocycles. The molecule has 0 aliphatic rings. The van der Waals surface area contributed by atoms with Gasteiger partial charge < -0.3 is 11.5 Å². The van der Waals surface area contributed by atoms with Gasteiger partial charge in [-0.25, -0.2) is 0 Å². The average molecular weight is 284 g/mol. The fourth-order valence-corrected chi connectivity index (χ4v) is 2.15. The molecule has 0 unspecified atom stereocenters. The smallest absolute Gasteiger partial charge is 0.231 e. The van der Waals surface area contributed by atoms with Crippen molar-refractivity contribution in [2.24, 2.45) is 5.73 Å². The number of rotatable bonds is 7. The van der Waals surface area contributed by atoms with Gasteiger partial charge in [0.05, 0.1) is 6.54 Å². The Morgan fingerprint density at radius 2 is 1.90 bits per heavy atom. The molecule has 2 aromatic rings. The van der Waals surface area contributed by atoms with Crippen molar-refractivity contribution in [3.63, 3.8) is 0 Å². The molecule has 0 atom stereocenters. The third-order valence-electron chi connectivity index (χ3n) is 3.20. The fraction of sp³-hybridized carbons (Fsp3) is 0.250. The van der Waals surface area contributed by atoms with Gasteiger partial charge in [-0.15, -0.1) is 0 Å². The van der Waals surface area contributed by atoms with Crippen molar-refractivity contribution in [2.45, 2.75) is 13.0 Å². The maximum absolute atomic E-state index is 11.2. The molecule has 0 spiro atoms. The molecule has 5 nitrogen and oxygen atoms in total. The summed E-state index contributed by atoms with van der Waals surface area (Å²) in [7, 11) is 0. The quantitative estimate of drug-likeness (QED) is 0.748. The lowest BCUT2D eigenvalue weighted by molar-refractivity contribution is -0.119. The summed E-state index contributed by atoms with van der Waals surface area (Å²) in [6.45, 7) is 1.66. The lowest BCUT2D eigenvalue weighted by atomic mass is 10.1. The molecular weight excluding hydrogens is 264 g/mol. The topological polar surface area (TPSA) is 85.2 Å². The lowest BCUT2D eigenvalue weighted by Gasteiger charge is -2.20. The summed E-state index contributed by atoms with van der Waals surface area (Å²) in [5, 5.41) is 0. The van der Waals surface area contributed by atoms with E-state index in [1.807, 2.05) is 47.5 Å². The van der Waals surface area contributed by atoms with E-state index >= 15 is 0 Å². The lowest BCUT2D eigenvalue weighted by Crippen LogP contribution is -2.34. The Morgan fingerprint density at radius 1 is 1.14 bits per heavy atom. The van der Waals surface area contributed by atoms with Crippen molar-refractivity contribution in [3.8, 4) is 0 Å². The number of hydrogen-bond donors (Lipinski definition) is 2. The van der Waals surface area contributed by atoms with Gasteiger partial charge in [0, 0.05) is 31.2 Å². The number of amides is 1. The number of nitrogens with zero attached hydrogens (tertiary/aromatic N) is 2. The number of carbonyl (C=O) groups excluding carboxylic acids is 1. The van der Waals surface area contributed by atoms with Crippen LogP contribution in [0.1, 0.15) is 11.1 Å². The number of pyridine rings is 1. The van der Waals surface area contributed by atoms with E-state index in [1.165, 1.54) is 0 Å². The first-order valence-electron chi connectivity index (χ1n) is 6.87. The maximum Gasteiger partial charge on any atom is 0.231 e. The van der Waals surface area contributed by atoms with Crippen molar-refractivity contribution in [1.82, 2.24) is 9.88 Å². The van der Waals surface area contributed by atoms with Crippen LogP contribution in [0.5, 0.6) is 0 Å². The summed E-state index contributed by atoms with van der Waals surface area (Å²) in [4.78, 5) is 17.3. The van der Waals surface area contributed by atoms with Crippen LogP contribution in [0.25, 0.3) is 0 Å². The zero-order chi connectivity index (χ0) is 15.1. The second-order valence-corrected chi connectivity index (χ2v) is 5.03. The molecule has 1 aromatic heterocycles. The number of anilines is 1. The second kappa shape index (κ2) is 7.40. The summed E-state index contributed by atoms with van der Waals surface area (Å²) in [6, 6.07) is 11.6. The van der Waals surface area contributed by atoms with Gasteiger partial charge in [0.25, 0.3) is 0 Å². The summed E-state index contributed by atoms with van der Waals surface area (Å²) in [5.41, 5.74) is 14.0.